The number of carbonyl (C=O) groups is 1. The SMILES string of the molecule is Cc1ccn2cc(-c3ccc(C)c(NC(=O)C4CCOCC4)c3)nc2c1. The maximum absolute atomic E-state index is 12.6. The van der Waals surface area contributed by atoms with Gasteiger partial charge >= 0.3 is 0 Å². The van der Waals surface area contributed by atoms with E-state index in [4.69, 9.17) is 9.72 Å². The fourth-order valence-electron chi connectivity index (χ4n) is 3.33. The Labute approximate surface area is 153 Å². The Balaban J connectivity index is 1.61. The Bertz CT molecular complexity index is 955. The monoisotopic (exact) mass is 349 g/mol. The second-order valence-corrected chi connectivity index (χ2v) is 7.00. The molecule has 1 saturated heterocycles. The van der Waals surface area contributed by atoms with E-state index in [2.05, 4.69) is 24.4 Å². The molecular formula is C21H23N3O2. The number of hydrogen-bond donors (Lipinski definition) is 1. The lowest BCUT2D eigenvalue weighted by Crippen LogP contribution is -2.28. The molecule has 0 bridgehead atoms. The third-order valence-electron chi connectivity index (χ3n) is 5.00. The number of nitrogens with zero attached hydrogens (tertiary/aromatic N) is 2. The topological polar surface area (TPSA) is 55.6 Å². The first-order valence-electron chi connectivity index (χ1n) is 9.05. The molecule has 1 N–H and O–H groups in total. The van der Waals surface area contributed by atoms with Gasteiger partial charge in [0.2, 0.25) is 5.91 Å². The van der Waals surface area contributed by atoms with Crippen molar-refractivity contribution in [3.63, 3.8) is 0 Å². The molecule has 0 atom stereocenters. The van der Waals surface area contributed by atoms with Gasteiger partial charge in [-0.2, -0.15) is 0 Å². The Kier molecular flexibility index (Phi) is 4.47. The van der Waals surface area contributed by atoms with Crippen molar-refractivity contribution in [3.05, 3.63) is 53.9 Å². The fourth-order valence-corrected chi connectivity index (χ4v) is 3.33. The Morgan fingerprint density at radius 1 is 1.19 bits per heavy atom. The number of hydrogen-bond acceptors (Lipinski definition) is 3. The molecule has 0 saturated carbocycles. The lowest BCUT2D eigenvalue weighted by atomic mass is 9.99. The van der Waals surface area contributed by atoms with Crippen LogP contribution in [0.4, 0.5) is 5.69 Å². The van der Waals surface area contributed by atoms with Gasteiger partial charge in [0.25, 0.3) is 0 Å². The molecule has 1 fully saturated rings. The number of imidazole rings is 1. The molecule has 26 heavy (non-hydrogen) atoms. The van der Waals surface area contributed by atoms with Crippen LogP contribution in [0, 0.1) is 19.8 Å². The molecule has 0 radical (unpaired) electrons. The number of ether oxygens (including phenoxy) is 1. The van der Waals surface area contributed by atoms with Gasteiger partial charge in [-0.05, 0) is 56.0 Å². The molecular weight excluding hydrogens is 326 g/mol. The van der Waals surface area contributed by atoms with Gasteiger partial charge in [-0.25, -0.2) is 4.98 Å². The molecule has 4 rings (SSSR count). The van der Waals surface area contributed by atoms with E-state index in [0.717, 1.165) is 41.0 Å². The molecule has 3 aromatic rings. The predicted molar refractivity (Wildman–Crippen MR) is 102 cm³/mol. The summed E-state index contributed by atoms with van der Waals surface area (Å²) in [5.41, 5.74) is 5.91. The number of nitrogens with one attached hydrogen (secondary N) is 1. The maximum Gasteiger partial charge on any atom is 0.227 e. The number of pyridine rings is 1. The van der Waals surface area contributed by atoms with Crippen LogP contribution in [0.25, 0.3) is 16.9 Å². The quantitative estimate of drug-likeness (QED) is 0.778. The minimum atomic E-state index is 0.0324. The van der Waals surface area contributed by atoms with E-state index in [1.807, 2.05) is 41.9 Å². The zero-order valence-electron chi connectivity index (χ0n) is 15.2. The summed E-state index contributed by atoms with van der Waals surface area (Å²) in [7, 11) is 0. The van der Waals surface area contributed by atoms with Gasteiger partial charge in [0, 0.05) is 42.8 Å². The number of fused-ring (bicyclic) bond motifs is 1. The van der Waals surface area contributed by atoms with Crippen LogP contribution in [-0.2, 0) is 9.53 Å². The van der Waals surface area contributed by atoms with Crippen molar-refractivity contribution in [1.82, 2.24) is 9.38 Å². The Morgan fingerprint density at radius 2 is 2.00 bits per heavy atom. The fraction of sp³-hybridized carbons (Fsp3) is 0.333. The van der Waals surface area contributed by atoms with Crippen molar-refractivity contribution < 1.29 is 9.53 Å². The van der Waals surface area contributed by atoms with E-state index in [9.17, 15) is 4.79 Å². The summed E-state index contributed by atoms with van der Waals surface area (Å²) in [6.45, 7) is 5.40. The smallest absolute Gasteiger partial charge is 0.227 e. The van der Waals surface area contributed by atoms with Crippen molar-refractivity contribution in [2.45, 2.75) is 26.7 Å². The van der Waals surface area contributed by atoms with Gasteiger partial charge in [0.05, 0.1) is 5.69 Å². The summed E-state index contributed by atoms with van der Waals surface area (Å²) in [6.07, 6.45) is 5.61. The normalized spacial score (nSPS) is 15.3. The number of amides is 1. The minimum Gasteiger partial charge on any atom is -0.381 e. The summed E-state index contributed by atoms with van der Waals surface area (Å²) in [5, 5.41) is 3.10. The summed E-state index contributed by atoms with van der Waals surface area (Å²) < 4.78 is 7.36. The zero-order valence-corrected chi connectivity index (χ0v) is 15.2. The molecule has 5 nitrogen and oxygen atoms in total. The molecule has 2 aromatic heterocycles. The van der Waals surface area contributed by atoms with E-state index in [1.54, 1.807) is 0 Å². The standard InChI is InChI=1S/C21H23N3O2/c1-14-5-8-24-13-19(22-20(24)11-14)17-4-3-15(2)18(12-17)23-21(25)16-6-9-26-10-7-16/h3-5,8,11-13,16H,6-7,9-10H2,1-2H3,(H,23,25). The van der Waals surface area contributed by atoms with Crippen molar-refractivity contribution in [2.75, 3.05) is 18.5 Å². The van der Waals surface area contributed by atoms with Crippen LogP contribution < -0.4 is 5.32 Å². The van der Waals surface area contributed by atoms with Crippen molar-refractivity contribution in [1.29, 1.82) is 0 Å². The number of anilines is 1. The number of benzene rings is 1. The zero-order chi connectivity index (χ0) is 18.1. The van der Waals surface area contributed by atoms with Crippen LogP contribution in [0.1, 0.15) is 24.0 Å². The highest BCUT2D eigenvalue weighted by molar-refractivity contribution is 5.94. The molecule has 0 aliphatic carbocycles. The summed E-state index contributed by atoms with van der Waals surface area (Å²) in [5.74, 6) is 0.115. The Morgan fingerprint density at radius 3 is 2.81 bits per heavy atom. The molecule has 3 heterocycles. The highest BCUT2D eigenvalue weighted by Crippen LogP contribution is 2.26. The first-order valence-corrected chi connectivity index (χ1v) is 9.05. The van der Waals surface area contributed by atoms with E-state index in [-0.39, 0.29) is 11.8 Å². The average molecular weight is 349 g/mol. The van der Waals surface area contributed by atoms with Gasteiger partial charge in [0.1, 0.15) is 5.65 Å². The molecule has 5 heteroatoms. The van der Waals surface area contributed by atoms with Gasteiger partial charge in [-0.1, -0.05) is 12.1 Å². The van der Waals surface area contributed by atoms with Gasteiger partial charge in [0.15, 0.2) is 0 Å². The van der Waals surface area contributed by atoms with Crippen LogP contribution in [0.15, 0.2) is 42.7 Å². The molecule has 0 unspecified atom stereocenters. The molecule has 0 spiro atoms. The van der Waals surface area contributed by atoms with Crippen LogP contribution in [0.2, 0.25) is 0 Å². The molecule has 1 aliphatic heterocycles. The number of aryl methyl sites for hydroxylation is 2. The van der Waals surface area contributed by atoms with E-state index in [1.165, 1.54) is 5.56 Å². The van der Waals surface area contributed by atoms with Crippen LogP contribution >= 0.6 is 0 Å². The van der Waals surface area contributed by atoms with Crippen LogP contribution in [0.5, 0.6) is 0 Å². The van der Waals surface area contributed by atoms with E-state index >= 15 is 0 Å². The van der Waals surface area contributed by atoms with Crippen LogP contribution in [0.3, 0.4) is 0 Å². The van der Waals surface area contributed by atoms with Crippen molar-refractivity contribution in [3.8, 4) is 11.3 Å². The predicted octanol–water partition coefficient (Wildman–Crippen LogP) is 3.98. The lowest BCUT2D eigenvalue weighted by molar-refractivity contribution is -0.122. The second-order valence-electron chi connectivity index (χ2n) is 7.00. The number of aromatic nitrogens is 2. The van der Waals surface area contributed by atoms with E-state index < -0.39 is 0 Å². The first kappa shape index (κ1) is 16.8. The molecule has 1 aliphatic rings. The highest BCUT2D eigenvalue weighted by atomic mass is 16.5. The maximum atomic E-state index is 12.6. The lowest BCUT2D eigenvalue weighted by Gasteiger charge is -2.21. The van der Waals surface area contributed by atoms with E-state index in [0.29, 0.717) is 13.2 Å². The van der Waals surface area contributed by atoms with Gasteiger partial charge < -0.3 is 14.5 Å². The molecule has 1 amide bonds. The summed E-state index contributed by atoms with van der Waals surface area (Å²) >= 11 is 0. The largest absolute Gasteiger partial charge is 0.381 e. The first-order chi connectivity index (χ1) is 12.6. The van der Waals surface area contributed by atoms with Gasteiger partial charge in [-0.3, -0.25) is 4.79 Å². The number of rotatable bonds is 3. The van der Waals surface area contributed by atoms with Crippen LogP contribution in [-0.4, -0.2) is 28.5 Å². The summed E-state index contributed by atoms with van der Waals surface area (Å²) in [6, 6.07) is 10.2. The summed E-state index contributed by atoms with van der Waals surface area (Å²) in [4.78, 5) is 17.3. The second kappa shape index (κ2) is 6.92. The number of carbonyl (C=O) groups excluding carboxylic acids is 1. The minimum absolute atomic E-state index is 0.0324. The molecule has 134 valence electrons. The Hall–Kier alpha value is -2.66. The average Bonchev–Trinajstić information content (AvgIpc) is 3.07. The molecule has 1 aromatic carbocycles. The van der Waals surface area contributed by atoms with Crippen molar-refractivity contribution in [2.24, 2.45) is 5.92 Å². The third kappa shape index (κ3) is 3.35. The highest BCUT2D eigenvalue weighted by Gasteiger charge is 2.22. The van der Waals surface area contributed by atoms with Gasteiger partial charge in [-0.15, -0.1) is 0 Å². The third-order valence-corrected chi connectivity index (χ3v) is 5.00. The van der Waals surface area contributed by atoms with Crippen molar-refractivity contribution >= 4 is 17.2 Å².